The number of rotatable bonds is 2. The average molecular weight is 243 g/mol. The quantitative estimate of drug-likeness (QED) is 0.726. The van der Waals surface area contributed by atoms with E-state index < -0.39 is 0 Å². The predicted molar refractivity (Wildman–Crippen MR) is 66.1 cm³/mol. The summed E-state index contributed by atoms with van der Waals surface area (Å²) in [5.41, 5.74) is 8.02. The van der Waals surface area contributed by atoms with E-state index in [1.807, 2.05) is 0 Å². The van der Waals surface area contributed by atoms with E-state index >= 15 is 0 Å². The van der Waals surface area contributed by atoms with E-state index in [0.29, 0.717) is 22.8 Å². The highest BCUT2D eigenvalue weighted by Crippen LogP contribution is 2.34. The molecule has 0 fully saturated rings. The van der Waals surface area contributed by atoms with Crippen molar-refractivity contribution in [1.29, 1.82) is 0 Å². The van der Waals surface area contributed by atoms with Crippen LogP contribution in [0.15, 0.2) is 47.1 Å². The fourth-order valence-electron chi connectivity index (χ4n) is 1.86. The molecular weight excluding hydrogens is 233 g/mol. The first-order chi connectivity index (χ1) is 8.75. The van der Waals surface area contributed by atoms with Gasteiger partial charge in [0, 0.05) is 0 Å². The molecule has 0 aliphatic rings. The smallest absolute Gasteiger partial charge is 0.153 e. The number of benzene rings is 1. The van der Waals surface area contributed by atoms with Crippen molar-refractivity contribution in [2.75, 3.05) is 5.73 Å². The molecule has 0 aliphatic carbocycles. The van der Waals surface area contributed by atoms with Crippen LogP contribution in [0.2, 0.25) is 0 Å². The molecule has 4 nitrogen and oxygen atoms in total. The van der Waals surface area contributed by atoms with Gasteiger partial charge in [-0.2, -0.15) is 5.10 Å². The van der Waals surface area contributed by atoms with Gasteiger partial charge in [0.2, 0.25) is 0 Å². The van der Waals surface area contributed by atoms with Crippen LogP contribution in [-0.4, -0.2) is 10.2 Å². The van der Waals surface area contributed by atoms with Gasteiger partial charge in [-0.25, -0.2) is 4.39 Å². The van der Waals surface area contributed by atoms with E-state index in [2.05, 4.69) is 10.2 Å². The normalized spacial score (nSPS) is 10.7. The number of hydrogen-bond donors (Lipinski definition) is 2. The Morgan fingerprint density at radius 2 is 1.94 bits per heavy atom. The summed E-state index contributed by atoms with van der Waals surface area (Å²) in [6.45, 7) is 0. The molecule has 0 atom stereocenters. The molecule has 2 heterocycles. The van der Waals surface area contributed by atoms with E-state index in [1.165, 1.54) is 12.1 Å². The summed E-state index contributed by atoms with van der Waals surface area (Å²) in [5.74, 6) is 0.701. The van der Waals surface area contributed by atoms with Crippen LogP contribution >= 0.6 is 0 Å². The lowest BCUT2D eigenvalue weighted by Crippen LogP contribution is -1.88. The molecule has 3 rings (SSSR count). The number of nitrogen functional groups attached to an aromatic ring is 1. The lowest BCUT2D eigenvalue weighted by atomic mass is 10.0. The first-order valence-corrected chi connectivity index (χ1v) is 5.39. The highest BCUT2D eigenvalue weighted by atomic mass is 19.1. The lowest BCUT2D eigenvalue weighted by Gasteiger charge is -2.02. The molecule has 0 aliphatic heterocycles. The summed E-state index contributed by atoms with van der Waals surface area (Å²) in [4.78, 5) is 0. The van der Waals surface area contributed by atoms with Gasteiger partial charge in [-0.15, -0.1) is 0 Å². The van der Waals surface area contributed by atoms with Gasteiger partial charge in [0.05, 0.1) is 11.8 Å². The van der Waals surface area contributed by atoms with Gasteiger partial charge >= 0.3 is 0 Å². The Bertz CT molecular complexity index is 656. The second-order valence-electron chi connectivity index (χ2n) is 3.84. The number of anilines is 1. The Morgan fingerprint density at radius 1 is 1.17 bits per heavy atom. The number of hydrogen-bond acceptors (Lipinski definition) is 3. The van der Waals surface area contributed by atoms with Gasteiger partial charge < -0.3 is 10.2 Å². The number of aromatic amines is 1. The molecule has 90 valence electrons. The van der Waals surface area contributed by atoms with E-state index in [-0.39, 0.29) is 5.82 Å². The van der Waals surface area contributed by atoms with Crippen molar-refractivity contribution in [3.05, 3.63) is 48.5 Å². The Balaban J connectivity index is 2.17. The molecule has 0 radical (unpaired) electrons. The second kappa shape index (κ2) is 4.03. The lowest BCUT2D eigenvalue weighted by molar-refractivity contribution is 0.580. The summed E-state index contributed by atoms with van der Waals surface area (Å²) >= 11 is 0. The molecule has 3 N–H and O–H groups in total. The van der Waals surface area contributed by atoms with Gasteiger partial charge in [-0.3, -0.25) is 5.10 Å². The number of H-pyrrole nitrogens is 1. The van der Waals surface area contributed by atoms with E-state index in [9.17, 15) is 4.39 Å². The van der Waals surface area contributed by atoms with Crippen LogP contribution in [0, 0.1) is 5.82 Å². The van der Waals surface area contributed by atoms with Crippen molar-refractivity contribution in [3.63, 3.8) is 0 Å². The highest BCUT2D eigenvalue weighted by molar-refractivity contribution is 5.86. The zero-order chi connectivity index (χ0) is 12.5. The van der Waals surface area contributed by atoms with Crippen LogP contribution in [0.25, 0.3) is 22.6 Å². The minimum atomic E-state index is -0.291. The number of aromatic nitrogens is 2. The number of nitrogens with two attached hydrogens (primary N) is 1. The van der Waals surface area contributed by atoms with Gasteiger partial charge in [0.15, 0.2) is 11.6 Å². The topological polar surface area (TPSA) is 67.8 Å². The van der Waals surface area contributed by atoms with Crippen molar-refractivity contribution in [2.24, 2.45) is 0 Å². The van der Waals surface area contributed by atoms with Gasteiger partial charge in [0.1, 0.15) is 11.5 Å². The van der Waals surface area contributed by atoms with Crippen molar-refractivity contribution < 1.29 is 8.81 Å². The molecule has 18 heavy (non-hydrogen) atoms. The highest BCUT2D eigenvalue weighted by Gasteiger charge is 2.16. The van der Waals surface area contributed by atoms with Gasteiger partial charge in [-0.05, 0) is 29.8 Å². The van der Waals surface area contributed by atoms with Crippen LogP contribution in [-0.2, 0) is 0 Å². The maximum Gasteiger partial charge on any atom is 0.153 e. The van der Waals surface area contributed by atoms with Crippen molar-refractivity contribution >= 4 is 5.82 Å². The first-order valence-electron chi connectivity index (χ1n) is 5.39. The van der Waals surface area contributed by atoms with Crippen molar-refractivity contribution in [3.8, 4) is 22.6 Å². The molecule has 0 saturated heterocycles. The summed E-state index contributed by atoms with van der Waals surface area (Å²) in [6.07, 6.45) is 1.57. The standard InChI is InChI=1S/C13H10FN3O/c14-9-5-3-8(4-6-9)11-12(16-17-13(11)15)10-2-1-7-18-10/h1-7H,(H3,15,16,17). The van der Waals surface area contributed by atoms with Crippen LogP contribution in [0.1, 0.15) is 0 Å². The summed E-state index contributed by atoms with van der Waals surface area (Å²) in [7, 11) is 0. The van der Waals surface area contributed by atoms with Crippen LogP contribution < -0.4 is 5.73 Å². The zero-order valence-electron chi connectivity index (χ0n) is 9.35. The Labute approximate surface area is 102 Å². The molecule has 0 saturated carbocycles. The molecule has 1 aromatic carbocycles. The molecular formula is C13H10FN3O. The first kappa shape index (κ1) is 10.6. The summed E-state index contributed by atoms with van der Waals surface area (Å²) in [6, 6.07) is 9.66. The number of nitrogens with one attached hydrogen (secondary N) is 1. The van der Waals surface area contributed by atoms with Gasteiger partial charge in [0.25, 0.3) is 0 Å². The third-order valence-corrected chi connectivity index (χ3v) is 2.69. The molecule has 0 spiro atoms. The molecule has 5 heteroatoms. The summed E-state index contributed by atoms with van der Waals surface area (Å²) < 4.78 is 18.2. The minimum absolute atomic E-state index is 0.291. The number of furan rings is 1. The number of nitrogens with zero attached hydrogens (tertiary/aromatic N) is 1. The third-order valence-electron chi connectivity index (χ3n) is 2.69. The maximum atomic E-state index is 12.9. The minimum Gasteiger partial charge on any atom is -0.463 e. The van der Waals surface area contributed by atoms with E-state index in [4.69, 9.17) is 10.2 Å². The molecule has 0 unspecified atom stereocenters. The summed E-state index contributed by atoms with van der Waals surface area (Å²) in [5, 5.41) is 6.80. The Hall–Kier alpha value is -2.56. The number of halogens is 1. The van der Waals surface area contributed by atoms with E-state index in [1.54, 1.807) is 30.5 Å². The molecule has 2 aromatic heterocycles. The van der Waals surface area contributed by atoms with Crippen molar-refractivity contribution in [1.82, 2.24) is 10.2 Å². The second-order valence-corrected chi connectivity index (χ2v) is 3.84. The van der Waals surface area contributed by atoms with Crippen LogP contribution in [0.5, 0.6) is 0 Å². The predicted octanol–water partition coefficient (Wildman–Crippen LogP) is 3.06. The molecule has 0 amide bonds. The van der Waals surface area contributed by atoms with E-state index in [0.717, 1.165) is 5.56 Å². The van der Waals surface area contributed by atoms with Crippen molar-refractivity contribution in [2.45, 2.75) is 0 Å². The molecule has 3 aromatic rings. The monoisotopic (exact) mass is 243 g/mol. The fraction of sp³-hybridized carbons (Fsp3) is 0. The van der Waals surface area contributed by atoms with Crippen LogP contribution in [0.4, 0.5) is 10.2 Å². The maximum absolute atomic E-state index is 12.9. The third kappa shape index (κ3) is 1.66. The van der Waals surface area contributed by atoms with Crippen LogP contribution in [0.3, 0.4) is 0 Å². The zero-order valence-corrected chi connectivity index (χ0v) is 9.35. The Morgan fingerprint density at radius 3 is 2.61 bits per heavy atom. The largest absolute Gasteiger partial charge is 0.463 e. The van der Waals surface area contributed by atoms with Gasteiger partial charge in [-0.1, -0.05) is 12.1 Å². The Kier molecular flexibility index (Phi) is 2.37. The fourth-order valence-corrected chi connectivity index (χ4v) is 1.86. The average Bonchev–Trinajstić information content (AvgIpc) is 2.99. The molecule has 0 bridgehead atoms. The SMILES string of the molecule is Nc1n[nH]c(-c2ccco2)c1-c1ccc(F)cc1.